The summed E-state index contributed by atoms with van der Waals surface area (Å²) >= 11 is 0. The Morgan fingerprint density at radius 2 is 2.00 bits per heavy atom. The molecule has 0 bridgehead atoms. The van der Waals surface area contributed by atoms with E-state index in [1.807, 2.05) is 4.90 Å². The maximum Gasteiger partial charge on any atom is 0.225 e. The smallest absolute Gasteiger partial charge is 0.225 e. The Balaban J connectivity index is 1.44. The number of carbonyl (C=O) groups is 2. The Bertz CT molecular complexity index is 534. The Kier molecular flexibility index (Phi) is 3.95. The summed E-state index contributed by atoms with van der Waals surface area (Å²) in [6, 6.07) is 8.72. The fourth-order valence-electron chi connectivity index (χ4n) is 2.88. The van der Waals surface area contributed by atoms with Crippen LogP contribution in [0.4, 0.5) is 0 Å². The fourth-order valence-corrected chi connectivity index (χ4v) is 2.88. The van der Waals surface area contributed by atoms with Gasteiger partial charge in [0.2, 0.25) is 11.8 Å². The van der Waals surface area contributed by atoms with Crippen LogP contribution in [0, 0.1) is 6.92 Å². The zero-order valence-electron chi connectivity index (χ0n) is 12.5. The van der Waals surface area contributed by atoms with Gasteiger partial charge in [-0.3, -0.25) is 9.59 Å². The van der Waals surface area contributed by atoms with Gasteiger partial charge in [-0.05, 0) is 31.7 Å². The van der Waals surface area contributed by atoms with Crippen LogP contribution in [-0.2, 0) is 16.0 Å². The number of benzene rings is 1. The van der Waals surface area contributed by atoms with E-state index in [-0.39, 0.29) is 17.9 Å². The number of likely N-dealkylation sites (tertiary alicyclic amines) is 1. The number of aryl methyl sites for hydroxylation is 2. The number of carbonyl (C=O) groups excluding carboxylic acids is 2. The van der Waals surface area contributed by atoms with E-state index in [4.69, 9.17) is 0 Å². The normalized spacial score (nSPS) is 21.7. The molecule has 1 atom stereocenters. The zero-order valence-corrected chi connectivity index (χ0v) is 12.5. The molecule has 4 nitrogen and oxygen atoms in total. The van der Waals surface area contributed by atoms with Crippen LogP contribution in [0.5, 0.6) is 0 Å². The predicted octanol–water partition coefficient (Wildman–Crippen LogP) is 1.81. The molecule has 1 saturated heterocycles. The van der Waals surface area contributed by atoms with E-state index in [2.05, 4.69) is 36.5 Å². The van der Waals surface area contributed by atoms with Crippen LogP contribution in [-0.4, -0.2) is 35.3 Å². The molecule has 2 fully saturated rings. The number of amides is 2. The third-order valence-corrected chi connectivity index (χ3v) is 4.27. The van der Waals surface area contributed by atoms with Gasteiger partial charge >= 0.3 is 0 Å². The SMILES string of the molecule is Cc1ccc(CCC(=O)NC2CC(=O)N(C3CC3)C2)cc1. The van der Waals surface area contributed by atoms with Crippen LogP contribution >= 0.6 is 0 Å². The lowest BCUT2D eigenvalue weighted by Crippen LogP contribution is -2.37. The Morgan fingerprint density at radius 1 is 1.29 bits per heavy atom. The highest BCUT2D eigenvalue weighted by atomic mass is 16.2. The monoisotopic (exact) mass is 286 g/mol. The molecule has 1 unspecified atom stereocenters. The van der Waals surface area contributed by atoms with Crippen molar-refractivity contribution in [2.75, 3.05) is 6.54 Å². The van der Waals surface area contributed by atoms with Crippen LogP contribution in [0.2, 0.25) is 0 Å². The second-order valence-corrected chi connectivity index (χ2v) is 6.23. The third-order valence-electron chi connectivity index (χ3n) is 4.27. The standard InChI is InChI=1S/C17H22N2O2/c1-12-2-4-13(5-3-12)6-9-16(20)18-14-10-17(21)19(11-14)15-7-8-15/h2-5,14-15H,6-11H2,1H3,(H,18,20). The number of rotatable bonds is 5. The van der Waals surface area contributed by atoms with Gasteiger partial charge in [0.25, 0.3) is 0 Å². The highest BCUT2D eigenvalue weighted by Crippen LogP contribution is 2.30. The number of hydrogen-bond acceptors (Lipinski definition) is 2. The first-order chi connectivity index (χ1) is 10.1. The Labute approximate surface area is 125 Å². The molecule has 0 aromatic heterocycles. The largest absolute Gasteiger partial charge is 0.351 e. The van der Waals surface area contributed by atoms with Crippen molar-refractivity contribution < 1.29 is 9.59 Å². The van der Waals surface area contributed by atoms with Gasteiger partial charge in [0.1, 0.15) is 0 Å². The van der Waals surface area contributed by atoms with E-state index >= 15 is 0 Å². The van der Waals surface area contributed by atoms with E-state index < -0.39 is 0 Å². The first-order valence-corrected chi connectivity index (χ1v) is 7.76. The van der Waals surface area contributed by atoms with Crippen LogP contribution in [0.25, 0.3) is 0 Å². The van der Waals surface area contributed by atoms with E-state index in [0.717, 1.165) is 19.3 Å². The highest BCUT2D eigenvalue weighted by molar-refractivity contribution is 5.82. The molecule has 112 valence electrons. The molecule has 1 aliphatic carbocycles. The van der Waals surface area contributed by atoms with Crippen LogP contribution < -0.4 is 5.32 Å². The summed E-state index contributed by atoms with van der Waals surface area (Å²) < 4.78 is 0. The van der Waals surface area contributed by atoms with Crippen molar-refractivity contribution in [3.63, 3.8) is 0 Å². The molecule has 0 radical (unpaired) electrons. The summed E-state index contributed by atoms with van der Waals surface area (Å²) in [5.74, 6) is 0.243. The summed E-state index contributed by atoms with van der Waals surface area (Å²) in [7, 11) is 0. The topological polar surface area (TPSA) is 49.4 Å². The molecule has 1 saturated carbocycles. The molecule has 1 N–H and O–H groups in total. The van der Waals surface area contributed by atoms with Gasteiger partial charge in [-0.15, -0.1) is 0 Å². The maximum atomic E-state index is 12.0. The lowest BCUT2D eigenvalue weighted by molar-refractivity contribution is -0.128. The summed E-state index contributed by atoms with van der Waals surface area (Å²) in [6.07, 6.45) is 3.95. The lowest BCUT2D eigenvalue weighted by Gasteiger charge is -2.16. The van der Waals surface area contributed by atoms with Crippen LogP contribution in [0.1, 0.15) is 36.8 Å². The first-order valence-electron chi connectivity index (χ1n) is 7.76. The quantitative estimate of drug-likeness (QED) is 0.897. The van der Waals surface area contributed by atoms with Gasteiger partial charge in [-0.1, -0.05) is 29.8 Å². The molecule has 1 aromatic rings. The predicted molar refractivity (Wildman–Crippen MR) is 80.8 cm³/mol. The Morgan fingerprint density at radius 3 is 2.67 bits per heavy atom. The molecule has 1 aliphatic heterocycles. The van der Waals surface area contributed by atoms with Gasteiger partial charge in [0.15, 0.2) is 0 Å². The molecule has 3 rings (SSSR count). The van der Waals surface area contributed by atoms with Gasteiger partial charge in [0, 0.05) is 25.4 Å². The maximum absolute atomic E-state index is 12.0. The van der Waals surface area contributed by atoms with Gasteiger partial charge in [0.05, 0.1) is 6.04 Å². The molecule has 21 heavy (non-hydrogen) atoms. The van der Waals surface area contributed by atoms with Crippen molar-refractivity contribution in [2.24, 2.45) is 0 Å². The third kappa shape index (κ3) is 3.63. The summed E-state index contributed by atoms with van der Waals surface area (Å²) in [5.41, 5.74) is 2.41. The summed E-state index contributed by atoms with van der Waals surface area (Å²) in [4.78, 5) is 25.8. The number of nitrogens with one attached hydrogen (secondary N) is 1. The van der Waals surface area contributed by atoms with Crippen molar-refractivity contribution in [2.45, 2.75) is 51.1 Å². The molecule has 1 heterocycles. The van der Waals surface area contributed by atoms with E-state index in [0.29, 0.717) is 25.4 Å². The molecule has 2 amide bonds. The summed E-state index contributed by atoms with van der Waals surface area (Å²) in [6.45, 7) is 2.75. The van der Waals surface area contributed by atoms with E-state index in [9.17, 15) is 9.59 Å². The average Bonchev–Trinajstić information content (AvgIpc) is 3.23. The summed E-state index contributed by atoms with van der Waals surface area (Å²) in [5, 5.41) is 3.00. The average molecular weight is 286 g/mol. The second-order valence-electron chi connectivity index (χ2n) is 6.23. The zero-order chi connectivity index (χ0) is 14.8. The van der Waals surface area contributed by atoms with Gasteiger partial charge in [-0.25, -0.2) is 0 Å². The fraction of sp³-hybridized carbons (Fsp3) is 0.529. The van der Waals surface area contributed by atoms with Crippen molar-refractivity contribution >= 4 is 11.8 Å². The molecule has 1 aromatic carbocycles. The van der Waals surface area contributed by atoms with Gasteiger partial charge in [-0.2, -0.15) is 0 Å². The molecular formula is C17H22N2O2. The van der Waals surface area contributed by atoms with Crippen LogP contribution in [0.3, 0.4) is 0 Å². The molecular weight excluding hydrogens is 264 g/mol. The van der Waals surface area contributed by atoms with Crippen molar-refractivity contribution in [1.29, 1.82) is 0 Å². The Hall–Kier alpha value is -1.84. The number of nitrogens with zero attached hydrogens (tertiary/aromatic N) is 1. The highest BCUT2D eigenvalue weighted by Gasteiger charge is 2.39. The second kappa shape index (κ2) is 5.88. The first kappa shape index (κ1) is 14.1. The van der Waals surface area contributed by atoms with E-state index in [1.165, 1.54) is 11.1 Å². The minimum Gasteiger partial charge on any atom is -0.351 e. The van der Waals surface area contributed by atoms with E-state index in [1.54, 1.807) is 0 Å². The molecule has 2 aliphatic rings. The minimum absolute atomic E-state index is 0.00335. The van der Waals surface area contributed by atoms with Crippen molar-refractivity contribution in [1.82, 2.24) is 10.2 Å². The number of hydrogen-bond donors (Lipinski definition) is 1. The van der Waals surface area contributed by atoms with Crippen molar-refractivity contribution in [3.8, 4) is 0 Å². The molecule has 0 spiro atoms. The van der Waals surface area contributed by atoms with Crippen LogP contribution in [0.15, 0.2) is 24.3 Å². The lowest BCUT2D eigenvalue weighted by atomic mass is 10.1. The molecule has 4 heteroatoms. The minimum atomic E-state index is 0.00335. The van der Waals surface area contributed by atoms with Gasteiger partial charge < -0.3 is 10.2 Å². The van der Waals surface area contributed by atoms with Crippen molar-refractivity contribution in [3.05, 3.63) is 35.4 Å².